The van der Waals surface area contributed by atoms with Crippen LogP contribution in [0.2, 0.25) is 0 Å². The molecule has 2 aromatic carbocycles. The van der Waals surface area contributed by atoms with Crippen LogP contribution in [0.3, 0.4) is 0 Å². The molecule has 0 heterocycles. The fourth-order valence-electron chi connectivity index (χ4n) is 3.23. The number of hydrogen-bond acceptors (Lipinski definition) is 11. The maximum absolute atomic E-state index is 9.64. The van der Waals surface area contributed by atoms with Gasteiger partial charge < -0.3 is 55.4 Å². The van der Waals surface area contributed by atoms with Gasteiger partial charge in [0.25, 0.3) is 0 Å². The van der Waals surface area contributed by atoms with Gasteiger partial charge in [0.2, 0.25) is 0 Å². The summed E-state index contributed by atoms with van der Waals surface area (Å²) in [5.74, 6) is -4.99. The SMILES string of the molecule is CC(C)(c1ccc(OC[C@H](O)CCl)cc1)c1ccc(OC[C@@H](O)CO)cc1.O=C(O)CCC(=O)O.O=C(O)CCC(=O)O.O=C(O)CCC(=O)O. The second-order valence-corrected chi connectivity index (χ2v) is 11.1. The molecule has 51 heavy (non-hydrogen) atoms. The van der Waals surface area contributed by atoms with Crippen molar-refractivity contribution < 1.29 is 84.2 Å². The zero-order valence-corrected chi connectivity index (χ0v) is 28.8. The molecule has 0 unspecified atom stereocenters. The van der Waals surface area contributed by atoms with Gasteiger partial charge in [0.15, 0.2) is 0 Å². The number of carboxylic acids is 6. The van der Waals surface area contributed by atoms with E-state index in [9.17, 15) is 39.0 Å². The van der Waals surface area contributed by atoms with E-state index >= 15 is 0 Å². The van der Waals surface area contributed by atoms with Gasteiger partial charge in [-0.25, -0.2) is 0 Å². The summed E-state index contributed by atoms with van der Waals surface area (Å²) in [6, 6.07) is 15.5. The predicted octanol–water partition coefficient (Wildman–Crippen LogP) is 2.53. The van der Waals surface area contributed by atoms with Crippen molar-refractivity contribution >= 4 is 47.4 Å². The lowest BCUT2D eigenvalue weighted by molar-refractivity contribution is -0.143. The highest BCUT2D eigenvalue weighted by Crippen LogP contribution is 2.33. The van der Waals surface area contributed by atoms with Crippen LogP contribution < -0.4 is 9.47 Å². The van der Waals surface area contributed by atoms with Gasteiger partial charge in [-0.2, -0.15) is 0 Å². The lowest BCUT2D eigenvalue weighted by Crippen LogP contribution is -2.21. The fraction of sp³-hybridized carbons (Fsp3) is 0.455. The van der Waals surface area contributed by atoms with Crippen LogP contribution in [-0.4, -0.2) is 120 Å². The standard InChI is InChI=1S/C21H27ClO5.3C4H6O4/c1-21(2,15-3-7-19(8-4-15)26-13-17(24)11-22)16-5-9-20(10-6-16)27-14-18(25)12-23;3*5-3(6)1-2-4(7)8/h3-10,17-18,23-25H,11-14H2,1-2H3;3*1-2H2,(H,5,6)(H,7,8)/t17-,18+;;;/m1.../s1. The van der Waals surface area contributed by atoms with Crippen LogP contribution in [0.1, 0.15) is 63.5 Å². The van der Waals surface area contributed by atoms with Crippen molar-refractivity contribution in [1.82, 2.24) is 0 Å². The van der Waals surface area contributed by atoms with Crippen molar-refractivity contribution in [3.8, 4) is 11.5 Å². The number of carbonyl (C=O) groups is 6. The fourth-order valence-corrected chi connectivity index (χ4v) is 3.32. The number of ether oxygens (including phenoxy) is 2. The number of halogens is 1. The molecule has 286 valence electrons. The normalized spacial score (nSPS) is 11.3. The van der Waals surface area contributed by atoms with E-state index in [0.29, 0.717) is 11.5 Å². The average molecular weight is 749 g/mol. The Morgan fingerprint density at radius 3 is 1.02 bits per heavy atom. The number of hydrogen-bond donors (Lipinski definition) is 9. The molecule has 0 aliphatic carbocycles. The van der Waals surface area contributed by atoms with Crippen LogP contribution in [0.4, 0.5) is 0 Å². The second kappa shape index (κ2) is 26.8. The van der Waals surface area contributed by atoms with Gasteiger partial charge in [-0.15, -0.1) is 11.6 Å². The second-order valence-electron chi connectivity index (χ2n) is 10.8. The molecule has 2 atom stereocenters. The molecule has 0 aliphatic rings. The molecule has 0 saturated carbocycles. The van der Waals surface area contributed by atoms with Gasteiger partial charge >= 0.3 is 35.8 Å². The number of rotatable bonds is 19. The minimum Gasteiger partial charge on any atom is -0.491 e. The van der Waals surface area contributed by atoms with Crippen LogP contribution in [0.5, 0.6) is 11.5 Å². The Kier molecular flexibility index (Phi) is 25.3. The first-order valence-corrected chi connectivity index (χ1v) is 15.6. The monoisotopic (exact) mass is 748 g/mol. The molecule has 0 aliphatic heterocycles. The highest BCUT2D eigenvalue weighted by atomic mass is 35.5. The highest BCUT2D eigenvalue weighted by molar-refractivity contribution is 6.18. The van der Waals surface area contributed by atoms with Crippen LogP contribution in [-0.2, 0) is 34.2 Å². The highest BCUT2D eigenvalue weighted by Gasteiger charge is 2.23. The summed E-state index contributed by atoms with van der Waals surface area (Å²) in [7, 11) is 0. The number of aliphatic carboxylic acids is 6. The molecule has 0 bridgehead atoms. The largest absolute Gasteiger partial charge is 0.491 e. The first-order chi connectivity index (χ1) is 23.7. The molecule has 0 radical (unpaired) electrons. The number of alkyl halides is 1. The Hall–Kier alpha value is -4.97. The Bertz CT molecular complexity index is 1180. The molecular formula is C33H45ClO17. The maximum atomic E-state index is 9.64. The topological polar surface area (TPSA) is 303 Å². The van der Waals surface area contributed by atoms with Crippen molar-refractivity contribution in [2.45, 2.75) is 70.0 Å². The lowest BCUT2D eigenvalue weighted by Gasteiger charge is -2.26. The van der Waals surface area contributed by atoms with E-state index < -0.39 is 48.0 Å². The molecule has 0 saturated heterocycles. The van der Waals surface area contributed by atoms with E-state index in [1.807, 2.05) is 48.5 Å². The van der Waals surface area contributed by atoms with Gasteiger partial charge in [-0.05, 0) is 35.4 Å². The van der Waals surface area contributed by atoms with Crippen LogP contribution >= 0.6 is 11.6 Å². The van der Waals surface area contributed by atoms with E-state index in [4.69, 9.17) is 56.8 Å². The zero-order chi connectivity index (χ0) is 39.6. The van der Waals surface area contributed by atoms with Crippen LogP contribution in [0.15, 0.2) is 48.5 Å². The third-order valence-corrected chi connectivity index (χ3v) is 6.44. The summed E-state index contributed by atoms with van der Waals surface area (Å²) in [6.45, 7) is 4.16. The third kappa shape index (κ3) is 26.6. The molecule has 0 aromatic heterocycles. The quantitative estimate of drug-likeness (QED) is 0.0932. The molecular weight excluding hydrogens is 704 g/mol. The minimum atomic E-state index is -1.08. The first-order valence-electron chi connectivity index (χ1n) is 15.0. The molecule has 2 rings (SSSR count). The van der Waals surface area contributed by atoms with E-state index in [-0.39, 0.29) is 69.6 Å². The summed E-state index contributed by atoms with van der Waals surface area (Å²) < 4.78 is 11.0. The number of aliphatic hydroxyl groups is 3. The van der Waals surface area contributed by atoms with Crippen molar-refractivity contribution in [2.75, 3.05) is 25.7 Å². The number of carboxylic acid groups (broad SMARTS) is 6. The lowest BCUT2D eigenvalue weighted by atomic mass is 9.78. The first kappa shape index (κ1) is 48.1. The summed E-state index contributed by atoms with van der Waals surface area (Å²) in [6.07, 6.45) is -3.34. The van der Waals surface area contributed by atoms with Gasteiger partial charge in [0.05, 0.1) is 51.0 Å². The van der Waals surface area contributed by atoms with Gasteiger partial charge in [0.1, 0.15) is 36.9 Å². The smallest absolute Gasteiger partial charge is 0.303 e. The summed E-state index contributed by atoms with van der Waals surface area (Å²) in [5, 5.41) is 75.0. The molecule has 9 N–H and O–H groups in total. The predicted molar refractivity (Wildman–Crippen MR) is 179 cm³/mol. The van der Waals surface area contributed by atoms with Gasteiger partial charge in [0, 0.05) is 5.41 Å². The molecule has 0 fully saturated rings. The average Bonchev–Trinajstić information content (AvgIpc) is 3.08. The number of benzene rings is 2. The Labute approximate surface area is 298 Å². The van der Waals surface area contributed by atoms with Crippen LogP contribution in [0.25, 0.3) is 0 Å². The Morgan fingerprint density at radius 2 is 0.804 bits per heavy atom. The van der Waals surface area contributed by atoms with Gasteiger partial charge in [-0.3, -0.25) is 28.8 Å². The Morgan fingerprint density at radius 1 is 0.549 bits per heavy atom. The van der Waals surface area contributed by atoms with Crippen molar-refractivity contribution in [3.63, 3.8) is 0 Å². The number of aliphatic hydroxyl groups excluding tert-OH is 3. The van der Waals surface area contributed by atoms with Crippen LogP contribution in [0, 0.1) is 0 Å². The molecule has 0 spiro atoms. The zero-order valence-electron chi connectivity index (χ0n) is 28.0. The van der Waals surface area contributed by atoms with E-state index in [2.05, 4.69) is 13.8 Å². The molecule has 18 heteroatoms. The molecule has 17 nitrogen and oxygen atoms in total. The summed E-state index contributed by atoms with van der Waals surface area (Å²) >= 11 is 5.56. The van der Waals surface area contributed by atoms with Crippen molar-refractivity contribution in [3.05, 3.63) is 59.7 Å². The summed E-state index contributed by atoms with van der Waals surface area (Å²) in [4.78, 5) is 57.8. The third-order valence-electron chi connectivity index (χ3n) is 6.08. The van der Waals surface area contributed by atoms with E-state index in [1.54, 1.807) is 0 Å². The van der Waals surface area contributed by atoms with E-state index in [0.717, 1.165) is 11.1 Å². The molecule has 2 aromatic rings. The van der Waals surface area contributed by atoms with Crippen molar-refractivity contribution in [1.29, 1.82) is 0 Å². The van der Waals surface area contributed by atoms with Crippen molar-refractivity contribution in [2.24, 2.45) is 0 Å². The summed E-state index contributed by atoms with van der Waals surface area (Å²) in [5.41, 5.74) is 2.01. The van der Waals surface area contributed by atoms with Gasteiger partial charge in [-0.1, -0.05) is 38.1 Å². The minimum absolute atomic E-state index is 0.0547. The van der Waals surface area contributed by atoms with E-state index in [1.165, 1.54) is 0 Å². The maximum Gasteiger partial charge on any atom is 0.303 e. The molecule has 0 amide bonds. The Balaban J connectivity index is 0.